The van der Waals surface area contributed by atoms with E-state index in [0.717, 1.165) is 17.2 Å². The van der Waals surface area contributed by atoms with Crippen molar-refractivity contribution < 1.29 is 0 Å². The number of rotatable bonds is 4. The van der Waals surface area contributed by atoms with E-state index in [-0.39, 0.29) is 11.6 Å². The number of nitrogens with zero attached hydrogens (tertiary/aromatic N) is 2. The molecule has 19 heavy (non-hydrogen) atoms. The van der Waals surface area contributed by atoms with Crippen LogP contribution in [0.15, 0.2) is 42.9 Å². The van der Waals surface area contributed by atoms with Crippen LogP contribution in [0.25, 0.3) is 0 Å². The summed E-state index contributed by atoms with van der Waals surface area (Å²) in [6, 6.07) is 10.1. The zero-order chi connectivity index (χ0) is 13.5. The molecule has 1 aromatic carbocycles. The highest BCUT2D eigenvalue weighted by atomic mass is 15.1. The van der Waals surface area contributed by atoms with Gasteiger partial charge in [-0.05, 0) is 38.2 Å². The van der Waals surface area contributed by atoms with Gasteiger partial charge in [-0.1, -0.05) is 30.3 Å². The molecule has 1 aliphatic rings. The van der Waals surface area contributed by atoms with Crippen LogP contribution in [0.5, 0.6) is 0 Å². The molecule has 1 heterocycles. The fourth-order valence-electron chi connectivity index (χ4n) is 2.83. The van der Waals surface area contributed by atoms with E-state index >= 15 is 0 Å². The molecule has 2 N–H and O–H groups in total. The van der Waals surface area contributed by atoms with Crippen molar-refractivity contribution >= 4 is 0 Å². The monoisotopic (exact) mass is 255 g/mol. The van der Waals surface area contributed by atoms with Gasteiger partial charge in [0.1, 0.15) is 0 Å². The van der Waals surface area contributed by atoms with E-state index in [1.54, 1.807) is 0 Å². The first kappa shape index (κ1) is 12.4. The van der Waals surface area contributed by atoms with Crippen molar-refractivity contribution in [2.24, 2.45) is 11.7 Å². The first-order chi connectivity index (χ1) is 9.10. The minimum atomic E-state index is -0.110. The summed E-state index contributed by atoms with van der Waals surface area (Å²) in [7, 11) is 0. The Morgan fingerprint density at radius 2 is 1.95 bits per heavy atom. The fourth-order valence-corrected chi connectivity index (χ4v) is 2.83. The van der Waals surface area contributed by atoms with Crippen LogP contribution in [0.3, 0.4) is 0 Å². The molecular formula is C16H21N3. The maximum absolute atomic E-state index is 6.42. The third kappa shape index (κ3) is 2.19. The number of benzene rings is 1. The van der Waals surface area contributed by atoms with Crippen molar-refractivity contribution in [2.75, 3.05) is 0 Å². The summed E-state index contributed by atoms with van der Waals surface area (Å²) >= 11 is 0. The Morgan fingerprint density at radius 3 is 2.58 bits per heavy atom. The number of imidazole rings is 1. The molecule has 0 radical (unpaired) electrons. The second-order valence-corrected chi connectivity index (χ2v) is 6.00. The van der Waals surface area contributed by atoms with Gasteiger partial charge in [-0.2, -0.15) is 0 Å². The van der Waals surface area contributed by atoms with E-state index < -0.39 is 0 Å². The third-order valence-electron chi connectivity index (χ3n) is 4.34. The number of nitrogens with two attached hydrogens (primary N) is 1. The van der Waals surface area contributed by atoms with Gasteiger partial charge in [0.25, 0.3) is 0 Å². The van der Waals surface area contributed by atoms with E-state index in [9.17, 15) is 0 Å². The molecule has 0 spiro atoms. The van der Waals surface area contributed by atoms with Gasteiger partial charge in [-0.15, -0.1) is 0 Å². The Hall–Kier alpha value is -1.61. The van der Waals surface area contributed by atoms with Crippen LogP contribution in [-0.4, -0.2) is 9.55 Å². The van der Waals surface area contributed by atoms with E-state index in [1.165, 1.54) is 12.8 Å². The lowest BCUT2D eigenvalue weighted by Crippen LogP contribution is -2.32. The Kier molecular flexibility index (Phi) is 2.94. The van der Waals surface area contributed by atoms with Crippen molar-refractivity contribution in [2.45, 2.75) is 38.3 Å². The molecule has 3 rings (SSSR count). The fraction of sp³-hybridized carbons (Fsp3) is 0.438. The van der Waals surface area contributed by atoms with Gasteiger partial charge in [-0.3, -0.25) is 0 Å². The summed E-state index contributed by atoms with van der Waals surface area (Å²) in [6.07, 6.45) is 6.45. The average molecular weight is 255 g/mol. The van der Waals surface area contributed by atoms with E-state index in [2.05, 4.69) is 35.5 Å². The minimum absolute atomic E-state index is 0.109. The molecule has 1 aliphatic carbocycles. The average Bonchev–Trinajstić information content (AvgIpc) is 3.17. The molecular weight excluding hydrogens is 234 g/mol. The maximum Gasteiger partial charge on any atom is 0.0953 e. The highest BCUT2D eigenvalue weighted by Crippen LogP contribution is 2.44. The number of aromatic nitrogens is 2. The summed E-state index contributed by atoms with van der Waals surface area (Å²) in [4.78, 5) is 4.33. The molecule has 1 saturated carbocycles. The Morgan fingerprint density at radius 1 is 1.26 bits per heavy atom. The van der Waals surface area contributed by atoms with Crippen LogP contribution in [0.1, 0.15) is 44.0 Å². The Labute approximate surface area is 114 Å². The van der Waals surface area contributed by atoms with Crippen molar-refractivity contribution in [3.8, 4) is 0 Å². The predicted molar refractivity (Wildman–Crippen MR) is 76.7 cm³/mol. The number of hydrogen-bond acceptors (Lipinski definition) is 2. The normalized spacial score (nSPS) is 17.4. The second-order valence-electron chi connectivity index (χ2n) is 6.00. The van der Waals surface area contributed by atoms with Crippen LogP contribution in [-0.2, 0) is 5.54 Å². The summed E-state index contributed by atoms with van der Waals surface area (Å²) in [6.45, 7) is 4.57. The first-order valence-electron chi connectivity index (χ1n) is 6.94. The molecule has 3 heteroatoms. The summed E-state index contributed by atoms with van der Waals surface area (Å²) in [5.74, 6) is 0.753. The summed E-state index contributed by atoms with van der Waals surface area (Å²) in [5.41, 5.74) is 8.76. The third-order valence-corrected chi connectivity index (χ3v) is 4.34. The van der Waals surface area contributed by atoms with Gasteiger partial charge in [0.05, 0.1) is 24.3 Å². The van der Waals surface area contributed by atoms with Crippen LogP contribution >= 0.6 is 0 Å². The van der Waals surface area contributed by atoms with Crippen molar-refractivity contribution in [1.82, 2.24) is 9.55 Å². The molecule has 0 aliphatic heterocycles. The molecule has 0 amide bonds. The van der Waals surface area contributed by atoms with Crippen molar-refractivity contribution in [1.29, 1.82) is 0 Å². The first-order valence-corrected chi connectivity index (χ1v) is 6.94. The quantitative estimate of drug-likeness (QED) is 0.912. The molecule has 1 atom stereocenters. The molecule has 1 aromatic heterocycles. The standard InChI is InChI=1S/C16H21N3/c1-16(2,13-8-9-13)19-11-18-10-14(19)15(17)12-6-4-3-5-7-12/h3-7,10-11,13,15H,8-9,17H2,1-2H3. The smallest absolute Gasteiger partial charge is 0.0953 e. The number of hydrogen-bond donors (Lipinski definition) is 1. The highest BCUT2D eigenvalue weighted by Gasteiger charge is 2.40. The lowest BCUT2D eigenvalue weighted by molar-refractivity contribution is 0.293. The van der Waals surface area contributed by atoms with Gasteiger partial charge in [0.2, 0.25) is 0 Å². The van der Waals surface area contributed by atoms with Gasteiger partial charge < -0.3 is 10.3 Å². The molecule has 2 aromatic rings. The molecule has 100 valence electrons. The summed E-state index contributed by atoms with van der Waals surface area (Å²) in [5, 5.41) is 0. The lowest BCUT2D eigenvalue weighted by Gasteiger charge is -2.30. The van der Waals surface area contributed by atoms with Crippen LogP contribution in [0.2, 0.25) is 0 Å². The zero-order valence-corrected chi connectivity index (χ0v) is 11.6. The molecule has 0 bridgehead atoms. The highest BCUT2D eigenvalue weighted by molar-refractivity contribution is 5.27. The minimum Gasteiger partial charge on any atom is -0.327 e. The van der Waals surface area contributed by atoms with E-state index in [1.807, 2.05) is 30.7 Å². The van der Waals surface area contributed by atoms with Crippen molar-refractivity contribution in [3.05, 3.63) is 54.1 Å². The van der Waals surface area contributed by atoms with Gasteiger partial charge in [0, 0.05) is 5.54 Å². The lowest BCUT2D eigenvalue weighted by atomic mass is 9.96. The van der Waals surface area contributed by atoms with Crippen LogP contribution < -0.4 is 5.73 Å². The topological polar surface area (TPSA) is 43.8 Å². The van der Waals surface area contributed by atoms with Crippen LogP contribution in [0, 0.1) is 5.92 Å². The van der Waals surface area contributed by atoms with Gasteiger partial charge in [0.15, 0.2) is 0 Å². The molecule has 0 saturated heterocycles. The largest absolute Gasteiger partial charge is 0.327 e. The second kappa shape index (κ2) is 4.49. The van der Waals surface area contributed by atoms with Gasteiger partial charge >= 0.3 is 0 Å². The van der Waals surface area contributed by atoms with Crippen molar-refractivity contribution in [3.63, 3.8) is 0 Å². The Balaban J connectivity index is 1.96. The molecule has 1 unspecified atom stereocenters. The molecule has 3 nitrogen and oxygen atoms in total. The maximum atomic E-state index is 6.42. The SMILES string of the molecule is CC(C)(C1CC1)n1cncc1C(N)c1ccccc1. The predicted octanol–water partition coefficient (Wildman–Crippen LogP) is 3.08. The van der Waals surface area contributed by atoms with E-state index in [0.29, 0.717) is 0 Å². The zero-order valence-electron chi connectivity index (χ0n) is 11.6. The summed E-state index contributed by atoms with van der Waals surface area (Å²) < 4.78 is 2.27. The molecule has 1 fully saturated rings. The van der Waals surface area contributed by atoms with E-state index in [4.69, 9.17) is 5.73 Å². The van der Waals surface area contributed by atoms with Crippen LogP contribution in [0.4, 0.5) is 0 Å². The van der Waals surface area contributed by atoms with Gasteiger partial charge in [-0.25, -0.2) is 4.98 Å². The Bertz CT molecular complexity index is 552.